The molecule has 70 valence electrons. The highest BCUT2D eigenvalue weighted by atomic mass is 79.9. The maximum absolute atomic E-state index is 11.0. The smallest absolute Gasteiger partial charge is 0.196 e. The van der Waals surface area contributed by atoms with Crippen LogP contribution in [-0.4, -0.2) is 29.3 Å². The predicted molar refractivity (Wildman–Crippen MR) is 55.2 cm³/mol. The molecule has 7 heteroatoms. The van der Waals surface area contributed by atoms with Crippen LogP contribution in [0.15, 0.2) is 5.10 Å². The molecule has 1 aliphatic rings. The van der Waals surface area contributed by atoms with E-state index in [-0.39, 0.29) is 4.83 Å². The molecule has 0 spiro atoms. The maximum Gasteiger partial charge on any atom is 0.196 e. The van der Waals surface area contributed by atoms with Gasteiger partial charge < -0.3 is 0 Å². The molecule has 0 bridgehead atoms. The number of alkyl halides is 1. The molecule has 2 atom stereocenters. The fourth-order valence-corrected chi connectivity index (χ4v) is 2.93. The maximum atomic E-state index is 11.0. The molecule has 0 saturated carbocycles. The van der Waals surface area contributed by atoms with Crippen molar-refractivity contribution in [2.45, 2.75) is 16.5 Å². The van der Waals surface area contributed by atoms with E-state index in [0.717, 1.165) is 5.04 Å². The van der Waals surface area contributed by atoms with Crippen molar-refractivity contribution in [2.24, 2.45) is 5.10 Å². The first kappa shape index (κ1) is 10.3. The Hall–Kier alpha value is 0.250. The van der Waals surface area contributed by atoms with Crippen molar-refractivity contribution in [3.05, 3.63) is 0 Å². The molecule has 2 unspecified atom stereocenters. The number of nitrogens with one attached hydrogen (secondary N) is 1. The summed E-state index contributed by atoms with van der Waals surface area (Å²) in [6.45, 7) is 1.90. The van der Waals surface area contributed by atoms with Crippen molar-refractivity contribution in [3.8, 4) is 0 Å². The zero-order valence-electron chi connectivity index (χ0n) is 6.61. The second kappa shape index (κ2) is 3.55. The lowest BCUT2D eigenvalue weighted by Crippen LogP contribution is -2.25. The lowest BCUT2D eigenvalue weighted by molar-refractivity contribution is 0.591. The van der Waals surface area contributed by atoms with Gasteiger partial charge >= 0.3 is 0 Å². The summed E-state index contributed by atoms with van der Waals surface area (Å²) in [5, 5.41) is 4.66. The molecule has 0 aromatic rings. The highest BCUT2D eigenvalue weighted by Crippen LogP contribution is 2.25. The Kier molecular flexibility index (Phi) is 3.06. The van der Waals surface area contributed by atoms with Gasteiger partial charge in [-0.05, 0) is 6.92 Å². The zero-order valence-corrected chi connectivity index (χ0v) is 9.83. The van der Waals surface area contributed by atoms with Gasteiger partial charge in [0.25, 0.3) is 0 Å². The normalized spacial score (nSPS) is 26.2. The second-order valence-electron chi connectivity index (χ2n) is 2.47. The molecule has 1 rings (SSSR count). The standard InChI is InChI=1S/C5H9BrN2O2S2/c1-3(6)4-7-8-5(11-4)12(2,9)10/h3,5,8H,1-2H3. The summed E-state index contributed by atoms with van der Waals surface area (Å²) in [4.78, 5) is 0.0988. The van der Waals surface area contributed by atoms with Gasteiger partial charge in [-0.15, -0.1) is 0 Å². The lowest BCUT2D eigenvalue weighted by atomic mass is 10.5. The van der Waals surface area contributed by atoms with E-state index >= 15 is 0 Å². The third-order valence-electron chi connectivity index (χ3n) is 1.24. The van der Waals surface area contributed by atoms with Gasteiger partial charge in [0.05, 0.1) is 4.83 Å². The monoisotopic (exact) mass is 272 g/mol. The molecule has 0 amide bonds. The summed E-state index contributed by atoms with van der Waals surface area (Å²) in [7, 11) is -3.05. The van der Waals surface area contributed by atoms with Gasteiger partial charge in [-0.2, -0.15) is 5.10 Å². The van der Waals surface area contributed by atoms with Gasteiger partial charge in [-0.3, -0.25) is 5.43 Å². The third kappa shape index (κ3) is 2.37. The quantitative estimate of drug-likeness (QED) is 0.754. The van der Waals surface area contributed by atoms with E-state index in [1.165, 1.54) is 18.0 Å². The Balaban J connectivity index is 2.65. The number of thioether (sulfide) groups is 1. The number of hydrazone groups is 1. The minimum absolute atomic E-state index is 0.0988. The van der Waals surface area contributed by atoms with E-state index in [1.54, 1.807) is 0 Å². The van der Waals surface area contributed by atoms with Crippen LogP contribution in [0.25, 0.3) is 0 Å². The fourth-order valence-electron chi connectivity index (χ4n) is 0.645. The van der Waals surface area contributed by atoms with Crippen LogP contribution in [-0.2, 0) is 9.84 Å². The number of hydrogen-bond acceptors (Lipinski definition) is 5. The van der Waals surface area contributed by atoms with Crippen LogP contribution in [0.2, 0.25) is 0 Å². The van der Waals surface area contributed by atoms with E-state index < -0.39 is 14.5 Å². The summed E-state index contributed by atoms with van der Waals surface area (Å²) < 4.78 is 21.4. The zero-order chi connectivity index (χ0) is 9.35. The SMILES string of the molecule is CC(Br)C1=NNC(S(C)(=O)=O)S1. The van der Waals surface area contributed by atoms with Crippen molar-refractivity contribution >= 4 is 42.6 Å². The Morgan fingerprint density at radius 1 is 1.75 bits per heavy atom. The molecule has 12 heavy (non-hydrogen) atoms. The lowest BCUT2D eigenvalue weighted by Gasteiger charge is -2.05. The molecule has 0 radical (unpaired) electrons. The molecular formula is C5H9BrN2O2S2. The Morgan fingerprint density at radius 3 is 2.58 bits per heavy atom. The van der Waals surface area contributed by atoms with E-state index in [1.807, 2.05) is 6.92 Å². The van der Waals surface area contributed by atoms with E-state index in [0.29, 0.717) is 0 Å². The van der Waals surface area contributed by atoms with Gasteiger partial charge in [-0.25, -0.2) is 8.42 Å². The fraction of sp³-hybridized carbons (Fsp3) is 0.800. The summed E-state index contributed by atoms with van der Waals surface area (Å²) in [5.74, 6) is 0. The number of nitrogens with zero attached hydrogens (tertiary/aromatic N) is 1. The average molecular weight is 273 g/mol. The van der Waals surface area contributed by atoms with Crippen molar-refractivity contribution in [1.82, 2.24) is 5.43 Å². The predicted octanol–water partition coefficient (Wildman–Crippen LogP) is 0.748. The van der Waals surface area contributed by atoms with Crippen LogP contribution in [0.5, 0.6) is 0 Å². The van der Waals surface area contributed by atoms with E-state index in [9.17, 15) is 8.42 Å². The first-order chi connectivity index (χ1) is 5.41. The average Bonchev–Trinajstić information content (AvgIpc) is 2.30. The molecule has 1 heterocycles. The third-order valence-corrected chi connectivity index (χ3v) is 5.20. The minimum atomic E-state index is -3.05. The molecule has 0 saturated heterocycles. The van der Waals surface area contributed by atoms with Crippen LogP contribution in [0.3, 0.4) is 0 Å². The van der Waals surface area contributed by atoms with Crippen LogP contribution in [0.4, 0.5) is 0 Å². The van der Waals surface area contributed by atoms with Crippen molar-refractivity contribution in [3.63, 3.8) is 0 Å². The van der Waals surface area contributed by atoms with E-state index in [4.69, 9.17) is 0 Å². The van der Waals surface area contributed by atoms with Crippen LogP contribution < -0.4 is 5.43 Å². The van der Waals surface area contributed by atoms with Gasteiger partial charge in [0.1, 0.15) is 5.04 Å². The molecule has 0 aliphatic carbocycles. The molecule has 4 nitrogen and oxygen atoms in total. The highest BCUT2D eigenvalue weighted by Gasteiger charge is 2.29. The molecule has 0 aromatic carbocycles. The topological polar surface area (TPSA) is 58.5 Å². The number of halogens is 1. The first-order valence-electron chi connectivity index (χ1n) is 3.24. The van der Waals surface area contributed by atoms with Crippen LogP contribution >= 0.6 is 27.7 Å². The first-order valence-corrected chi connectivity index (χ1v) is 6.99. The van der Waals surface area contributed by atoms with Gasteiger partial charge in [0.2, 0.25) is 0 Å². The molecule has 1 N–H and O–H groups in total. The summed E-state index contributed by atoms with van der Waals surface area (Å²) >= 11 is 4.54. The minimum Gasteiger partial charge on any atom is -0.281 e. The molecule has 1 aliphatic heterocycles. The van der Waals surface area contributed by atoms with Gasteiger partial charge in [-0.1, -0.05) is 27.7 Å². The molecule has 0 aromatic heterocycles. The largest absolute Gasteiger partial charge is 0.281 e. The second-order valence-corrected chi connectivity index (χ2v) is 7.40. The highest BCUT2D eigenvalue weighted by molar-refractivity contribution is 9.10. The van der Waals surface area contributed by atoms with E-state index in [2.05, 4.69) is 26.5 Å². The number of sulfone groups is 1. The van der Waals surface area contributed by atoms with Crippen LogP contribution in [0.1, 0.15) is 6.92 Å². The van der Waals surface area contributed by atoms with Crippen molar-refractivity contribution in [1.29, 1.82) is 0 Å². The van der Waals surface area contributed by atoms with Crippen molar-refractivity contribution in [2.75, 3.05) is 6.26 Å². The van der Waals surface area contributed by atoms with Gasteiger partial charge in [0.15, 0.2) is 14.5 Å². The molecule has 0 fully saturated rings. The summed E-state index contributed by atoms with van der Waals surface area (Å²) in [6, 6.07) is 0. The Bertz CT molecular complexity index is 299. The number of rotatable bonds is 2. The van der Waals surface area contributed by atoms with Gasteiger partial charge in [0, 0.05) is 6.26 Å². The Labute approximate surface area is 84.2 Å². The summed E-state index contributed by atoms with van der Waals surface area (Å²) in [5.41, 5.74) is 2.56. The number of hydrogen-bond donors (Lipinski definition) is 1. The van der Waals surface area contributed by atoms with Crippen LogP contribution in [0, 0.1) is 0 Å². The Morgan fingerprint density at radius 2 is 2.33 bits per heavy atom. The summed E-state index contributed by atoms with van der Waals surface area (Å²) in [6.07, 6.45) is 1.19. The van der Waals surface area contributed by atoms with Crippen molar-refractivity contribution < 1.29 is 8.42 Å². The molecular weight excluding hydrogens is 264 g/mol.